The topological polar surface area (TPSA) is 44.5 Å². The third kappa shape index (κ3) is 4.32. The lowest BCUT2D eigenvalue weighted by Crippen LogP contribution is -2.22. The number of rotatable bonds is 7. The minimum absolute atomic E-state index is 0.0197. The van der Waals surface area contributed by atoms with Gasteiger partial charge in [0.25, 0.3) is 0 Å². The molecule has 0 spiro atoms. The van der Waals surface area contributed by atoms with Crippen LogP contribution in [0.25, 0.3) is 0 Å². The Labute approximate surface area is 102 Å². The van der Waals surface area contributed by atoms with Crippen LogP contribution in [-0.4, -0.2) is 19.4 Å². The fourth-order valence-electron chi connectivity index (χ4n) is 1.49. The van der Waals surface area contributed by atoms with Crippen LogP contribution in [0.1, 0.15) is 25.8 Å². The van der Waals surface area contributed by atoms with Crippen molar-refractivity contribution in [2.75, 3.05) is 13.4 Å². The summed E-state index contributed by atoms with van der Waals surface area (Å²) in [5.74, 6) is -0.115. The normalized spacial score (nSPS) is 12.5. The first-order valence-corrected chi connectivity index (χ1v) is 5.92. The molecular weight excluding hydrogens is 221 g/mol. The van der Waals surface area contributed by atoms with Crippen molar-refractivity contribution in [1.82, 2.24) is 0 Å². The summed E-state index contributed by atoms with van der Waals surface area (Å²) in [6.45, 7) is 4.47. The second kappa shape index (κ2) is 7.25. The van der Waals surface area contributed by atoms with Crippen LogP contribution in [0.15, 0.2) is 18.2 Å². The van der Waals surface area contributed by atoms with E-state index in [0.29, 0.717) is 13.0 Å². The van der Waals surface area contributed by atoms with Crippen molar-refractivity contribution >= 4 is 0 Å². The number of para-hydroxylation sites is 1. The van der Waals surface area contributed by atoms with Crippen LogP contribution >= 0.6 is 0 Å². The predicted molar refractivity (Wildman–Crippen MR) is 65.5 cm³/mol. The molecule has 17 heavy (non-hydrogen) atoms. The van der Waals surface area contributed by atoms with E-state index >= 15 is 0 Å². The van der Waals surface area contributed by atoms with Crippen LogP contribution < -0.4 is 10.5 Å². The van der Waals surface area contributed by atoms with E-state index in [-0.39, 0.29) is 24.4 Å². The Morgan fingerprint density at radius 3 is 2.76 bits per heavy atom. The Hall–Kier alpha value is -1.13. The number of halogens is 1. The molecule has 0 fully saturated rings. The van der Waals surface area contributed by atoms with Gasteiger partial charge in [0.05, 0.1) is 0 Å². The molecule has 1 aromatic rings. The van der Waals surface area contributed by atoms with Gasteiger partial charge in [-0.3, -0.25) is 0 Å². The summed E-state index contributed by atoms with van der Waals surface area (Å²) in [7, 11) is 0. The maximum Gasteiger partial charge on any atom is 0.189 e. The molecule has 0 saturated heterocycles. The van der Waals surface area contributed by atoms with Crippen molar-refractivity contribution in [2.45, 2.75) is 32.7 Å². The summed E-state index contributed by atoms with van der Waals surface area (Å²) in [6.07, 6.45) is 1.46. The van der Waals surface area contributed by atoms with E-state index in [1.807, 2.05) is 19.9 Å². The highest BCUT2D eigenvalue weighted by Crippen LogP contribution is 2.24. The van der Waals surface area contributed by atoms with E-state index in [2.05, 4.69) is 0 Å². The van der Waals surface area contributed by atoms with Crippen molar-refractivity contribution in [3.8, 4) is 5.75 Å². The standard InChI is InChI=1S/C13H20FNO2/c1-3-11(15)8-10-6-5-7-12(14)13(10)17-9-16-4-2/h5-7,11H,3-4,8-9,15H2,1-2H3. The van der Waals surface area contributed by atoms with Crippen LogP contribution in [0.3, 0.4) is 0 Å². The zero-order valence-electron chi connectivity index (χ0n) is 10.4. The Bertz CT molecular complexity index is 344. The van der Waals surface area contributed by atoms with Gasteiger partial charge in [-0.25, -0.2) is 4.39 Å². The summed E-state index contributed by atoms with van der Waals surface area (Å²) in [6, 6.07) is 4.90. The molecule has 0 amide bonds. The number of hydrogen-bond donors (Lipinski definition) is 1. The van der Waals surface area contributed by atoms with Crippen molar-refractivity contribution < 1.29 is 13.9 Å². The SMILES string of the molecule is CCOCOc1c(F)cccc1CC(N)CC. The fourth-order valence-corrected chi connectivity index (χ4v) is 1.49. The lowest BCUT2D eigenvalue weighted by atomic mass is 10.0. The number of benzene rings is 1. The molecule has 1 unspecified atom stereocenters. The van der Waals surface area contributed by atoms with Gasteiger partial charge in [-0.2, -0.15) is 0 Å². The first-order chi connectivity index (χ1) is 8.19. The first kappa shape index (κ1) is 13.9. The molecule has 96 valence electrons. The average molecular weight is 241 g/mol. The van der Waals surface area contributed by atoms with Gasteiger partial charge in [0.1, 0.15) is 0 Å². The molecule has 0 bridgehead atoms. The van der Waals surface area contributed by atoms with Crippen LogP contribution in [0.5, 0.6) is 5.75 Å². The van der Waals surface area contributed by atoms with Gasteiger partial charge in [0.15, 0.2) is 18.4 Å². The van der Waals surface area contributed by atoms with Gasteiger partial charge < -0.3 is 15.2 Å². The van der Waals surface area contributed by atoms with Gasteiger partial charge in [-0.1, -0.05) is 19.1 Å². The number of ether oxygens (including phenoxy) is 2. The summed E-state index contributed by atoms with van der Waals surface area (Å²) in [5, 5.41) is 0. The lowest BCUT2D eigenvalue weighted by Gasteiger charge is -2.14. The van der Waals surface area contributed by atoms with Crippen LogP contribution in [-0.2, 0) is 11.2 Å². The monoisotopic (exact) mass is 241 g/mol. The molecule has 1 atom stereocenters. The molecule has 0 heterocycles. The predicted octanol–water partition coefficient (Wildman–Crippen LogP) is 2.48. The van der Waals surface area contributed by atoms with E-state index in [9.17, 15) is 4.39 Å². The summed E-state index contributed by atoms with van der Waals surface area (Å²) in [4.78, 5) is 0. The first-order valence-electron chi connectivity index (χ1n) is 5.92. The van der Waals surface area contributed by atoms with Gasteiger partial charge in [-0.15, -0.1) is 0 Å². The molecule has 3 nitrogen and oxygen atoms in total. The Morgan fingerprint density at radius 2 is 2.12 bits per heavy atom. The summed E-state index contributed by atoms with van der Waals surface area (Å²) in [5.41, 5.74) is 6.66. The molecule has 0 aliphatic heterocycles. The lowest BCUT2D eigenvalue weighted by molar-refractivity contribution is 0.0194. The number of nitrogens with two attached hydrogens (primary N) is 1. The van der Waals surface area contributed by atoms with Gasteiger partial charge in [0, 0.05) is 12.6 Å². The largest absolute Gasteiger partial charge is 0.464 e. The van der Waals surface area contributed by atoms with Crippen LogP contribution in [0, 0.1) is 5.82 Å². The summed E-state index contributed by atoms with van der Waals surface area (Å²) >= 11 is 0. The van der Waals surface area contributed by atoms with Crippen molar-refractivity contribution in [3.05, 3.63) is 29.6 Å². The molecule has 0 saturated carbocycles. The highest BCUT2D eigenvalue weighted by atomic mass is 19.1. The average Bonchev–Trinajstić information content (AvgIpc) is 2.32. The molecular formula is C13H20FNO2. The van der Waals surface area contributed by atoms with E-state index in [0.717, 1.165) is 12.0 Å². The third-order valence-electron chi connectivity index (χ3n) is 2.55. The molecule has 2 N–H and O–H groups in total. The van der Waals surface area contributed by atoms with E-state index < -0.39 is 0 Å². The molecule has 4 heteroatoms. The smallest absolute Gasteiger partial charge is 0.189 e. The Morgan fingerprint density at radius 1 is 1.35 bits per heavy atom. The molecule has 0 aliphatic rings. The van der Waals surface area contributed by atoms with Crippen molar-refractivity contribution in [1.29, 1.82) is 0 Å². The van der Waals surface area contributed by atoms with E-state index in [4.69, 9.17) is 15.2 Å². The summed E-state index contributed by atoms with van der Waals surface area (Å²) < 4.78 is 24.0. The Kier molecular flexibility index (Phi) is 5.94. The zero-order chi connectivity index (χ0) is 12.7. The number of hydrogen-bond acceptors (Lipinski definition) is 3. The zero-order valence-corrected chi connectivity index (χ0v) is 10.4. The van der Waals surface area contributed by atoms with Crippen LogP contribution in [0.2, 0.25) is 0 Å². The van der Waals surface area contributed by atoms with Gasteiger partial charge in [0.2, 0.25) is 0 Å². The van der Waals surface area contributed by atoms with E-state index in [1.54, 1.807) is 6.07 Å². The third-order valence-corrected chi connectivity index (χ3v) is 2.55. The van der Waals surface area contributed by atoms with E-state index in [1.165, 1.54) is 6.07 Å². The molecule has 0 radical (unpaired) electrons. The minimum Gasteiger partial charge on any atom is -0.464 e. The van der Waals surface area contributed by atoms with Crippen molar-refractivity contribution in [2.24, 2.45) is 5.73 Å². The fraction of sp³-hybridized carbons (Fsp3) is 0.538. The molecule has 0 aliphatic carbocycles. The highest BCUT2D eigenvalue weighted by Gasteiger charge is 2.12. The minimum atomic E-state index is -0.370. The van der Waals surface area contributed by atoms with Crippen molar-refractivity contribution in [3.63, 3.8) is 0 Å². The maximum atomic E-state index is 13.6. The highest BCUT2D eigenvalue weighted by molar-refractivity contribution is 5.35. The van der Waals surface area contributed by atoms with Crippen LogP contribution in [0.4, 0.5) is 4.39 Å². The second-order valence-corrected chi connectivity index (χ2v) is 3.86. The second-order valence-electron chi connectivity index (χ2n) is 3.86. The maximum absolute atomic E-state index is 13.6. The van der Waals surface area contributed by atoms with Gasteiger partial charge in [-0.05, 0) is 31.4 Å². The molecule has 1 aromatic carbocycles. The molecule has 1 rings (SSSR count). The quantitative estimate of drug-likeness (QED) is 0.589. The van der Waals surface area contributed by atoms with Gasteiger partial charge >= 0.3 is 0 Å². The molecule has 0 aromatic heterocycles. The Balaban J connectivity index is 2.76.